The second-order valence-corrected chi connectivity index (χ2v) is 13.4. The molecule has 0 N–H and O–H groups in total. The van der Waals surface area contributed by atoms with Crippen LogP contribution >= 0.6 is 0 Å². The molecule has 0 radical (unpaired) electrons. The van der Waals surface area contributed by atoms with E-state index >= 15 is 0 Å². The van der Waals surface area contributed by atoms with Gasteiger partial charge in [-0.15, -0.1) is 0 Å². The maximum Gasteiger partial charge on any atom is 0.0620 e. The maximum absolute atomic E-state index is 2.47. The maximum atomic E-state index is 2.47. The lowest BCUT2D eigenvalue weighted by Crippen LogP contribution is -1.93. The van der Waals surface area contributed by atoms with Gasteiger partial charge in [0.1, 0.15) is 0 Å². The Morgan fingerprint density at radius 2 is 0.680 bits per heavy atom. The Morgan fingerprint density at radius 1 is 0.260 bits per heavy atom. The Balaban J connectivity index is 1.13. The largest absolute Gasteiger partial charge is 0.309 e. The number of para-hydroxylation sites is 2. The second kappa shape index (κ2) is 10.4. The second-order valence-electron chi connectivity index (χ2n) is 13.4. The molecule has 0 atom stereocenters. The van der Waals surface area contributed by atoms with Gasteiger partial charge < -0.3 is 8.97 Å². The van der Waals surface area contributed by atoms with Crippen molar-refractivity contribution in [1.82, 2.24) is 8.97 Å². The molecule has 2 nitrogen and oxygen atoms in total. The first kappa shape index (κ1) is 27.3. The summed E-state index contributed by atoms with van der Waals surface area (Å²) in [6.07, 6.45) is 0. The molecule has 0 aliphatic rings. The van der Waals surface area contributed by atoms with Crippen LogP contribution in [0.3, 0.4) is 0 Å². The van der Waals surface area contributed by atoms with Gasteiger partial charge in [0.2, 0.25) is 0 Å². The van der Waals surface area contributed by atoms with Crippen LogP contribution in [0.1, 0.15) is 0 Å². The van der Waals surface area contributed by atoms with Crippen LogP contribution in [0.4, 0.5) is 0 Å². The normalized spacial score (nSPS) is 12.0. The molecular formula is C48H30N2. The van der Waals surface area contributed by atoms with E-state index in [2.05, 4.69) is 191 Å². The first-order chi connectivity index (χ1) is 24.8. The Kier molecular flexibility index (Phi) is 5.70. The number of hydrogen-bond acceptors (Lipinski definition) is 0. The highest BCUT2D eigenvalue weighted by molar-refractivity contribution is 6.25. The minimum absolute atomic E-state index is 1.16. The van der Waals surface area contributed by atoms with Gasteiger partial charge >= 0.3 is 0 Å². The molecule has 0 aliphatic carbocycles. The third kappa shape index (κ3) is 3.90. The molecule has 3 aromatic heterocycles. The molecule has 8 aromatic carbocycles. The molecule has 2 heteroatoms. The lowest BCUT2D eigenvalue weighted by molar-refractivity contribution is 1.18. The predicted molar refractivity (Wildman–Crippen MR) is 212 cm³/mol. The fourth-order valence-electron chi connectivity index (χ4n) is 8.34. The zero-order valence-corrected chi connectivity index (χ0v) is 27.2. The molecule has 0 bridgehead atoms. The lowest BCUT2D eigenvalue weighted by atomic mass is 9.97. The van der Waals surface area contributed by atoms with Crippen LogP contribution in [0.5, 0.6) is 0 Å². The van der Waals surface area contributed by atoms with Gasteiger partial charge in [-0.1, -0.05) is 121 Å². The van der Waals surface area contributed by atoms with Crippen molar-refractivity contribution >= 4 is 59.9 Å². The molecule has 0 spiro atoms. The van der Waals surface area contributed by atoms with Crippen molar-refractivity contribution in [2.45, 2.75) is 0 Å². The monoisotopic (exact) mass is 634 g/mol. The predicted octanol–water partition coefficient (Wildman–Crippen LogP) is 12.9. The summed E-state index contributed by atoms with van der Waals surface area (Å²) in [6, 6.07) is 66.7. The van der Waals surface area contributed by atoms with Crippen molar-refractivity contribution in [2.75, 3.05) is 0 Å². The van der Waals surface area contributed by atoms with Gasteiger partial charge in [-0.3, -0.25) is 0 Å². The number of aromatic nitrogens is 2. The molecule has 0 saturated carbocycles. The van der Waals surface area contributed by atoms with E-state index in [1.807, 2.05) is 0 Å². The summed E-state index contributed by atoms with van der Waals surface area (Å²) in [5, 5.41) is 7.69. The van der Waals surface area contributed by atoms with Gasteiger partial charge in [0, 0.05) is 38.0 Å². The van der Waals surface area contributed by atoms with Gasteiger partial charge in [0.05, 0.1) is 27.6 Å². The molecule has 0 fully saturated rings. The highest BCUT2D eigenvalue weighted by atomic mass is 15.0. The molecule has 3 heterocycles. The van der Waals surface area contributed by atoms with Crippen LogP contribution in [0.15, 0.2) is 182 Å². The third-order valence-corrected chi connectivity index (χ3v) is 10.6. The zero-order valence-electron chi connectivity index (χ0n) is 27.2. The van der Waals surface area contributed by atoms with E-state index in [9.17, 15) is 0 Å². The van der Waals surface area contributed by atoms with E-state index in [1.165, 1.54) is 93.3 Å². The topological polar surface area (TPSA) is 9.34 Å². The fraction of sp³-hybridized carbons (Fsp3) is 0. The van der Waals surface area contributed by atoms with Gasteiger partial charge in [0.15, 0.2) is 0 Å². The number of hydrogen-bond donors (Lipinski definition) is 0. The van der Waals surface area contributed by atoms with E-state index in [0.29, 0.717) is 0 Å². The molecule has 11 rings (SSSR count). The summed E-state index contributed by atoms with van der Waals surface area (Å²) in [6.45, 7) is 0. The number of nitrogens with zero attached hydrogens (tertiary/aromatic N) is 2. The molecule has 232 valence electrons. The molecule has 0 aliphatic heterocycles. The highest BCUT2D eigenvalue weighted by Crippen LogP contribution is 2.43. The van der Waals surface area contributed by atoms with Crippen molar-refractivity contribution in [3.8, 4) is 39.1 Å². The molecular weight excluding hydrogens is 605 g/mol. The van der Waals surface area contributed by atoms with E-state index in [0.717, 1.165) is 5.69 Å². The molecule has 0 unspecified atom stereocenters. The summed E-state index contributed by atoms with van der Waals surface area (Å²) in [7, 11) is 0. The minimum Gasteiger partial charge on any atom is -0.309 e. The van der Waals surface area contributed by atoms with Crippen LogP contribution in [0.2, 0.25) is 0 Å². The standard InChI is InChI=1S/C48H30N2/c1-3-11-31(12-4-1)33-19-23-37(24-20-33)49-44-17-9-7-15-38(44)40-28-35(22-25-46(40)49)36-29-42-39-16-8-10-18-45(39)50-47-26-21-34(32-13-5-2-6-14-32)27-41(47)43(30-36)48(42)50/h1-30H. The smallest absolute Gasteiger partial charge is 0.0620 e. The summed E-state index contributed by atoms with van der Waals surface area (Å²) < 4.78 is 4.87. The average Bonchev–Trinajstić information content (AvgIpc) is 3.83. The number of fused-ring (bicyclic) bond motifs is 9. The van der Waals surface area contributed by atoms with Crippen LogP contribution in [-0.4, -0.2) is 8.97 Å². The number of benzene rings is 8. The van der Waals surface area contributed by atoms with Gasteiger partial charge in [-0.2, -0.15) is 0 Å². The summed E-state index contributed by atoms with van der Waals surface area (Å²) in [5.41, 5.74) is 14.8. The van der Waals surface area contributed by atoms with Crippen molar-refractivity contribution in [3.05, 3.63) is 182 Å². The lowest BCUT2D eigenvalue weighted by Gasteiger charge is -2.10. The Bertz CT molecular complexity index is 3050. The molecule has 11 aromatic rings. The SMILES string of the molecule is c1ccc(-c2ccc(-n3c4ccccc4c4cc(-c5cc6c7ccccc7n7c8ccc(-c9ccccc9)cc8c(c5)c67)ccc43)cc2)cc1. The van der Waals surface area contributed by atoms with Crippen LogP contribution < -0.4 is 0 Å². The van der Waals surface area contributed by atoms with E-state index in [-0.39, 0.29) is 0 Å². The molecule has 0 saturated heterocycles. The van der Waals surface area contributed by atoms with E-state index in [1.54, 1.807) is 0 Å². The number of rotatable bonds is 4. The minimum atomic E-state index is 1.16. The van der Waals surface area contributed by atoms with E-state index in [4.69, 9.17) is 0 Å². The fourth-order valence-corrected chi connectivity index (χ4v) is 8.34. The van der Waals surface area contributed by atoms with E-state index < -0.39 is 0 Å². The Labute approximate surface area is 289 Å². The van der Waals surface area contributed by atoms with Gasteiger partial charge in [-0.25, -0.2) is 0 Å². The average molecular weight is 635 g/mol. The summed E-state index contributed by atoms with van der Waals surface area (Å²) in [5.74, 6) is 0. The van der Waals surface area contributed by atoms with Crippen molar-refractivity contribution < 1.29 is 0 Å². The van der Waals surface area contributed by atoms with Crippen molar-refractivity contribution in [3.63, 3.8) is 0 Å². The van der Waals surface area contributed by atoms with Crippen LogP contribution in [0, 0.1) is 0 Å². The van der Waals surface area contributed by atoms with Crippen LogP contribution in [0.25, 0.3) is 99.0 Å². The molecule has 0 amide bonds. The Morgan fingerprint density at radius 3 is 1.38 bits per heavy atom. The summed E-state index contributed by atoms with van der Waals surface area (Å²) in [4.78, 5) is 0. The Hall–Kier alpha value is -6.64. The van der Waals surface area contributed by atoms with Gasteiger partial charge in [-0.05, 0) is 94.0 Å². The quantitative estimate of drug-likeness (QED) is 0.182. The van der Waals surface area contributed by atoms with Crippen LogP contribution in [-0.2, 0) is 0 Å². The highest BCUT2D eigenvalue weighted by Gasteiger charge is 2.20. The summed E-state index contributed by atoms with van der Waals surface area (Å²) >= 11 is 0. The van der Waals surface area contributed by atoms with Crippen molar-refractivity contribution in [2.24, 2.45) is 0 Å². The first-order valence-corrected chi connectivity index (χ1v) is 17.3. The zero-order chi connectivity index (χ0) is 32.8. The third-order valence-electron chi connectivity index (χ3n) is 10.6. The molecule has 50 heavy (non-hydrogen) atoms. The van der Waals surface area contributed by atoms with Crippen molar-refractivity contribution in [1.29, 1.82) is 0 Å². The first-order valence-electron chi connectivity index (χ1n) is 17.3. The van der Waals surface area contributed by atoms with Gasteiger partial charge in [0.25, 0.3) is 0 Å².